The summed E-state index contributed by atoms with van der Waals surface area (Å²) in [6.07, 6.45) is 0.282. The van der Waals surface area contributed by atoms with Crippen molar-refractivity contribution in [3.8, 4) is 0 Å². The maximum Gasteiger partial charge on any atom is 0.217 e. The lowest BCUT2D eigenvalue weighted by Gasteiger charge is -2.18. The highest BCUT2D eigenvalue weighted by atomic mass is 35.5. The number of carbonyl (C=O) groups excluding carboxylic acids is 1. The fourth-order valence-electron chi connectivity index (χ4n) is 2.59. The second-order valence-electron chi connectivity index (χ2n) is 6.31. The molecule has 2 rings (SSSR count). The zero-order valence-electron chi connectivity index (χ0n) is 14.6. The first-order valence-corrected chi connectivity index (χ1v) is 8.81. The van der Waals surface area contributed by atoms with Gasteiger partial charge in [-0.25, -0.2) is 0 Å². The Balaban J connectivity index is 1.79. The van der Waals surface area contributed by atoms with Crippen molar-refractivity contribution in [3.05, 3.63) is 70.2 Å². The second kappa shape index (κ2) is 9.56. The Morgan fingerprint density at radius 3 is 2.48 bits per heavy atom. The van der Waals surface area contributed by atoms with Crippen LogP contribution in [0.5, 0.6) is 0 Å². The van der Waals surface area contributed by atoms with Gasteiger partial charge in [-0.1, -0.05) is 48.0 Å². The lowest BCUT2D eigenvalue weighted by Crippen LogP contribution is -2.32. The van der Waals surface area contributed by atoms with E-state index in [0.29, 0.717) is 18.1 Å². The van der Waals surface area contributed by atoms with E-state index < -0.39 is 6.10 Å². The molecular formula is C20H25ClN2O2. The number of carbonyl (C=O) groups is 1. The molecular weight excluding hydrogens is 336 g/mol. The molecule has 0 radical (unpaired) electrons. The van der Waals surface area contributed by atoms with Gasteiger partial charge in [-0.05, 0) is 42.2 Å². The molecule has 134 valence electrons. The number of hydrogen-bond donors (Lipinski definition) is 3. The zero-order chi connectivity index (χ0) is 18.2. The summed E-state index contributed by atoms with van der Waals surface area (Å²) < 4.78 is 0. The molecule has 0 saturated carbocycles. The molecule has 0 aliphatic heterocycles. The number of aliphatic hydroxyl groups is 1. The van der Waals surface area contributed by atoms with Crippen LogP contribution in [0, 0.1) is 0 Å². The van der Waals surface area contributed by atoms with E-state index in [-0.39, 0.29) is 11.9 Å². The summed E-state index contributed by atoms with van der Waals surface area (Å²) in [4.78, 5) is 10.9. The maximum atomic E-state index is 10.9. The van der Waals surface area contributed by atoms with Crippen molar-refractivity contribution >= 4 is 17.5 Å². The molecule has 5 heteroatoms. The summed E-state index contributed by atoms with van der Waals surface area (Å²) in [5.74, 6) is -0.0276. The van der Waals surface area contributed by atoms with Crippen molar-refractivity contribution in [3.63, 3.8) is 0 Å². The van der Waals surface area contributed by atoms with Gasteiger partial charge in [0, 0.05) is 31.1 Å². The molecule has 0 aliphatic carbocycles. The van der Waals surface area contributed by atoms with Crippen LogP contribution in [-0.4, -0.2) is 23.6 Å². The van der Waals surface area contributed by atoms with Crippen molar-refractivity contribution < 1.29 is 9.90 Å². The minimum absolute atomic E-state index is 0.0276. The fraction of sp³-hybridized carbons (Fsp3) is 0.350. The average Bonchev–Trinajstić information content (AvgIpc) is 2.59. The molecule has 2 aromatic rings. The summed E-state index contributed by atoms with van der Waals surface area (Å²) >= 11 is 5.96. The number of benzene rings is 2. The predicted molar refractivity (Wildman–Crippen MR) is 102 cm³/mol. The maximum absolute atomic E-state index is 10.9. The first-order valence-electron chi connectivity index (χ1n) is 8.43. The van der Waals surface area contributed by atoms with Crippen molar-refractivity contribution in [2.24, 2.45) is 0 Å². The molecule has 2 aromatic carbocycles. The zero-order valence-corrected chi connectivity index (χ0v) is 15.4. The van der Waals surface area contributed by atoms with Crippen molar-refractivity contribution in [2.45, 2.75) is 39.0 Å². The van der Waals surface area contributed by atoms with Gasteiger partial charge in [0.2, 0.25) is 5.91 Å². The van der Waals surface area contributed by atoms with Gasteiger partial charge in [0.15, 0.2) is 0 Å². The molecule has 1 amide bonds. The predicted octanol–water partition coefficient (Wildman–Crippen LogP) is 3.23. The van der Waals surface area contributed by atoms with Gasteiger partial charge in [0.05, 0.1) is 6.10 Å². The highest BCUT2D eigenvalue weighted by molar-refractivity contribution is 6.30. The van der Waals surface area contributed by atoms with Crippen molar-refractivity contribution in [2.75, 3.05) is 6.54 Å². The molecule has 0 heterocycles. The molecule has 0 unspecified atom stereocenters. The standard InChI is InChI=1S/C20H25ClN2O2/c1-14(22-13-20(25)18-4-3-5-19(21)11-18)10-16-6-8-17(9-7-16)12-23-15(2)24/h3-9,11,14,20,22,25H,10,12-13H2,1-2H3,(H,23,24)/t14-,20+/m1/s1. The summed E-state index contributed by atoms with van der Waals surface area (Å²) in [7, 11) is 0. The number of aliphatic hydroxyl groups excluding tert-OH is 1. The Bertz CT molecular complexity index is 688. The highest BCUT2D eigenvalue weighted by Crippen LogP contribution is 2.17. The van der Waals surface area contributed by atoms with E-state index in [1.165, 1.54) is 12.5 Å². The first-order chi connectivity index (χ1) is 11.9. The van der Waals surface area contributed by atoms with Gasteiger partial charge in [-0.3, -0.25) is 4.79 Å². The van der Waals surface area contributed by atoms with Gasteiger partial charge >= 0.3 is 0 Å². The van der Waals surface area contributed by atoms with Gasteiger partial charge < -0.3 is 15.7 Å². The van der Waals surface area contributed by atoms with Crippen LogP contribution >= 0.6 is 11.6 Å². The molecule has 3 N–H and O–H groups in total. The second-order valence-corrected chi connectivity index (χ2v) is 6.75. The van der Waals surface area contributed by atoms with Gasteiger partial charge in [0.25, 0.3) is 0 Å². The first kappa shape index (κ1) is 19.4. The van der Waals surface area contributed by atoms with E-state index in [4.69, 9.17) is 11.6 Å². The molecule has 0 saturated heterocycles. The molecule has 25 heavy (non-hydrogen) atoms. The number of nitrogens with one attached hydrogen (secondary N) is 2. The van der Waals surface area contributed by atoms with Crippen molar-refractivity contribution in [1.29, 1.82) is 0 Å². The summed E-state index contributed by atoms with van der Waals surface area (Å²) in [5, 5.41) is 17.0. The lowest BCUT2D eigenvalue weighted by atomic mass is 10.0. The SMILES string of the molecule is CC(=O)NCc1ccc(C[C@@H](C)NC[C@H](O)c2cccc(Cl)c2)cc1. The van der Waals surface area contributed by atoms with Crippen LogP contribution in [0.4, 0.5) is 0 Å². The monoisotopic (exact) mass is 360 g/mol. The molecule has 2 atom stereocenters. The number of amides is 1. The Morgan fingerprint density at radius 1 is 1.16 bits per heavy atom. The summed E-state index contributed by atoms with van der Waals surface area (Å²) in [6.45, 7) is 4.63. The van der Waals surface area contributed by atoms with Crippen molar-refractivity contribution in [1.82, 2.24) is 10.6 Å². The molecule has 0 spiro atoms. The van der Waals surface area contributed by atoms with Crippen LogP contribution in [0.1, 0.15) is 36.6 Å². The lowest BCUT2D eigenvalue weighted by molar-refractivity contribution is -0.119. The third kappa shape index (κ3) is 6.86. The average molecular weight is 361 g/mol. The smallest absolute Gasteiger partial charge is 0.217 e. The minimum atomic E-state index is -0.582. The van der Waals surface area contributed by atoms with Crippen LogP contribution < -0.4 is 10.6 Å². The molecule has 0 aromatic heterocycles. The quantitative estimate of drug-likeness (QED) is 0.677. The Kier molecular flexibility index (Phi) is 7.44. The van der Waals surface area contributed by atoms with Crippen LogP contribution in [0.15, 0.2) is 48.5 Å². The van der Waals surface area contributed by atoms with E-state index in [1.807, 2.05) is 24.3 Å². The number of halogens is 1. The highest BCUT2D eigenvalue weighted by Gasteiger charge is 2.10. The molecule has 0 bridgehead atoms. The minimum Gasteiger partial charge on any atom is -0.387 e. The van der Waals surface area contributed by atoms with Crippen LogP contribution in [-0.2, 0) is 17.8 Å². The Labute approximate surface area is 154 Å². The van der Waals surface area contributed by atoms with Gasteiger partial charge in [-0.2, -0.15) is 0 Å². The summed E-state index contributed by atoms with van der Waals surface area (Å²) in [5.41, 5.74) is 3.11. The number of hydrogen-bond acceptors (Lipinski definition) is 3. The van der Waals surface area contributed by atoms with E-state index in [0.717, 1.165) is 17.5 Å². The van der Waals surface area contributed by atoms with Crippen LogP contribution in [0.25, 0.3) is 0 Å². The fourth-order valence-corrected chi connectivity index (χ4v) is 2.79. The van der Waals surface area contributed by atoms with Gasteiger partial charge in [-0.15, -0.1) is 0 Å². The summed E-state index contributed by atoms with van der Waals surface area (Å²) in [6, 6.07) is 15.7. The largest absolute Gasteiger partial charge is 0.387 e. The normalized spacial score (nSPS) is 13.3. The Morgan fingerprint density at radius 2 is 1.84 bits per heavy atom. The topological polar surface area (TPSA) is 61.4 Å². The van der Waals surface area contributed by atoms with E-state index in [2.05, 4.69) is 29.7 Å². The third-order valence-electron chi connectivity index (χ3n) is 4.00. The molecule has 4 nitrogen and oxygen atoms in total. The van der Waals surface area contributed by atoms with Crippen LogP contribution in [0.2, 0.25) is 5.02 Å². The third-order valence-corrected chi connectivity index (χ3v) is 4.23. The molecule has 0 aliphatic rings. The van der Waals surface area contributed by atoms with E-state index >= 15 is 0 Å². The van der Waals surface area contributed by atoms with E-state index in [1.54, 1.807) is 12.1 Å². The van der Waals surface area contributed by atoms with Crippen LogP contribution in [0.3, 0.4) is 0 Å². The molecule has 0 fully saturated rings. The number of rotatable bonds is 8. The Hall–Kier alpha value is -1.88. The van der Waals surface area contributed by atoms with E-state index in [9.17, 15) is 9.90 Å². The van der Waals surface area contributed by atoms with Gasteiger partial charge in [0.1, 0.15) is 0 Å².